The summed E-state index contributed by atoms with van der Waals surface area (Å²) in [6.45, 7) is 2.18. The molecular weight excluding hydrogens is 477 g/mol. The molecule has 4 aromatic rings. The number of aryl methyl sites for hydroxylation is 1. The molecule has 4 rings (SSSR count). The first-order chi connectivity index (χ1) is 15.4. The van der Waals surface area contributed by atoms with Crippen LogP contribution < -0.4 is 10.1 Å². The minimum absolute atomic E-state index is 0.0810. The summed E-state index contributed by atoms with van der Waals surface area (Å²) in [4.78, 5) is 16.8. The van der Waals surface area contributed by atoms with Crippen molar-refractivity contribution >= 4 is 46.7 Å². The Hall–Kier alpha value is -3.07. The van der Waals surface area contributed by atoms with E-state index in [-0.39, 0.29) is 18.2 Å². The van der Waals surface area contributed by atoms with Gasteiger partial charge in [0.15, 0.2) is 5.69 Å². The summed E-state index contributed by atoms with van der Waals surface area (Å²) >= 11 is 18.0. The molecule has 0 aliphatic rings. The maximum Gasteiger partial charge on any atom is 0.280 e. The van der Waals surface area contributed by atoms with Gasteiger partial charge in [0.1, 0.15) is 24.4 Å². The SMILES string of the molecule is Cc1onc(C(=O)Nc2ncn(Cc3ccc(Cl)c(Cl)c3)n2)c1COc1cccc(Cl)c1. The Bertz CT molecular complexity index is 1270. The van der Waals surface area contributed by atoms with Gasteiger partial charge < -0.3 is 9.26 Å². The van der Waals surface area contributed by atoms with Gasteiger partial charge in [0.25, 0.3) is 5.91 Å². The number of hydrogen-bond donors (Lipinski definition) is 1. The average molecular weight is 493 g/mol. The highest BCUT2D eigenvalue weighted by atomic mass is 35.5. The lowest BCUT2D eigenvalue weighted by Gasteiger charge is -2.07. The Morgan fingerprint density at radius 2 is 2.00 bits per heavy atom. The Morgan fingerprint density at radius 1 is 1.16 bits per heavy atom. The summed E-state index contributed by atoms with van der Waals surface area (Å²) in [6.07, 6.45) is 1.50. The highest BCUT2D eigenvalue weighted by Crippen LogP contribution is 2.23. The molecule has 0 unspecified atom stereocenters. The zero-order valence-electron chi connectivity index (χ0n) is 16.7. The number of anilines is 1. The third kappa shape index (κ3) is 5.21. The first kappa shape index (κ1) is 22.1. The minimum atomic E-state index is -0.515. The molecular formula is C21H16Cl3N5O3. The van der Waals surface area contributed by atoms with Crippen molar-refractivity contribution in [2.75, 3.05) is 5.32 Å². The van der Waals surface area contributed by atoms with Gasteiger partial charge in [0, 0.05) is 5.02 Å². The monoisotopic (exact) mass is 491 g/mol. The molecule has 2 aromatic carbocycles. The first-order valence-corrected chi connectivity index (χ1v) is 10.5. The topological polar surface area (TPSA) is 95.1 Å². The highest BCUT2D eigenvalue weighted by Gasteiger charge is 2.21. The first-order valence-electron chi connectivity index (χ1n) is 9.37. The van der Waals surface area contributed by atoms with E-state index in [1.54, 1.807) is 48.0 Å². The van der Waals surface area contributed by atoms with Crippen LogP contribution in [0.25, 0.3) is 0 Å². The molecule has 0 spiro atoms. The van der Waals surface area contributed by atoms with Crippen LogP contribution in [-0.4, -0.2) is 25.8 Å². The van der Waals surface area contributed by atoms with E-state index in [0.717, 1.165) is 5.56 Å². The fraction of sp³-hybridized carbons (Fsp3) is 0.143. The Labute approximate surface area is 198 Å². The second kappa shape index (κ2) is 9.60. The van der Waals surface area contributed by atoms with Crippen LogP contribution >= 0.6 is 34.8 Å². The zero-order valence-corrected chi connectivity index (χ0v) is 18.9. The number of aromatic nitrogens is 4. The van der Waals surface area contributed by atoms with Gasteiger partial charge in [-0.25, -0.2) is 9.67 Å². The molecule has 1 N–H and O–H groups in total. The number of halogens is 3. The van der Waals surface area contributed by atoms with Gasteiger partial charge in [-0.15, -0.1) is 5.10 Å². The molecule has 11 heteroatoms. The van der Waals surface area contributed by atoms with E-state index in [1.807, 2.05) is 6.07 Å². The number of rotatable bonds is 7. The Morgan fingerprint density at radius 3 is 2.78 bits per heavy atom. The number of hydrogen-bond acceptors (Lipinski definition) is 6. The standard InChI is InChI=1S/C21H16Cl3N5O3/c1-12-16(10-31-15-4-2-3-14(22)8-15)19(28-32-12)20(30)26-21-25-11-29(27-21)9-13-5-6-17(23)18(24)7-13/h2-8,11H,9-10H2,1H3,(H,26,27,30). The van der Waals surface area contributed by atoms with Crippen LogP contribution in [0.2, 0.25) is 15.1 Å². The zero-order chi connectivity index (χ0) is 22.7. The summed E-state index contributed by atoms with van der Waals surface area (Å²) in [7, 11) is 0. The van der Waals surface area contributed by atoms with Gasteiger partial charge >= 0.3 is 0 Å². The van der Waals surface area contributed by atoms with Crippen molar-refractivity contribution in [3.05, 3.63) is 86.4 Å². The summed E-state index contributed by atoms with van der Waals surface area (Å²) < 4.78 is 12.5. The summed E-state index contributed by atoms with van der Waals surface area (Å²) in [5.41, 5.74) is 1.48. The Balaban J connectivity index is 1.42. The maximum atomic E-state index is 12.7. The number of nitrogens with zero attached hydrogens (tertiary/aromatic N) is 4. The van der Waals surface area contributed by atoms with Crippen molar-refractivity contribution in [1.29, 1.82) is 0 Å². The molecule has 0 saturated carbocycles. The van der Waals surface area contributed by atoms with E-state index < -0.39 is 5.91 Å². The molecule has 0 fully saturated rings. The van der Waals surface area contributed by atoms with E-state index in [4.69, 9.17) is 44.1 Å². The second-order valence-electron chi connectivity index (χ2n) is 6.78. The van der Waals surface area contributed by atoms with Crippen LogP contribution in [0, 0.1) is 6.92 Å². The van der Waals surface area contributed by atoms with Gasteiger partial charge in [-0.1, -0.05) is 52.1 Å². The molecule has 8 nitrogen and oxygen atoms in total. The number of carbonyl (C=O) groups excluding carboxylic acids is 1. The number of benzene rings is 2. The molecule has 0 bridgehead atoms. The predicted octanol–water partition coefficient (Wildman–Crippen LogP) is 5.41. The van der Waals surface area contributed by atoms with Crippen LogP contribution in [0.15, 0.2) is 53.3 Å². The van der Waals surface area contributed by atoms with Gasteiger partial charge in [-0.2, -0.15) is 0 Å². The van der Waals surface area contributed by atoms with Crippen molar-refractivity contribution in [3.8, 4) is 5.75 Å². The molecule has 0 aliphatic carbocycles. The summed E-state index contributed by atoms with van der Waals surface area (Å²) in [5.74, 6) is 0.638. The smallest absolute Gasteiger partial charge is 0.280 e. The van der Waals surface area contributed by atoms with Crippen LogP contribution in [0.3, 0.4) is 0 Å². The third-order valence-corrected chi connectivity index (χ3v) is 5.44. The summed E-state index contributed by atoms with van der Waals surface area (Å²) in [6, 6.07) is 12.2. The molecule has 2 aromatic heterocycles. The van der Waals surface area contributed by atoms with Gasteiger partial charge in [0.2, 0.25) is 5.95 Å². The maximum absolute atomic E-state index is 12.7. The van der Waals surface area contributed by atoms with Crippen LogP contribution in [-0.2, 0) is 13.2 Å². The number of amides is 1. The van der Waals surface area contributed by atoms with Crippen molar-refractivity contribution in [1.82, 2.24) is 19.9 Å². The van der Waals surface area contributed by atoms with E-state index in [0.29, 0.717) is 38.7 Å². The van der Waals surface area contributed by atoms with Gasteiger partial charge in [0.05, 0.1) is 22.2 Å². The quantitative estimate of drug-likeness (QED) is 0.370. The number of carbonyl (C=O) groups is 1. The van der Waals surface area contributed by atoms with Crippen LogP contribution in [0.4, 0.5) is 5.95 Å². The molecule has 1 amide bonds. The van der Waals surface area contributed by atoms with Crippen molar-refractivity contribution in [2.45, 2.75) is 20.1 Å². The third-order valence-electron chi connectivity index (χ3n) is 4.47. The van der Waals surface area contributed by atoms with Crippen LogP contribution in [0.1, 0.15) is 27.4 Å². The van der Waals surface area contributed by atoms with Gasteiger partial charge in [-0.05, 0) is 42.8 Å². The molecule has 164 valence electrons. The van der Waals surface area contributed by atoms with Crippen molar-refractivity contribution < 1.29 is 14.1 Å². The lowest BCUT2D eigenvalue weighted by atomic mass is 10.2. The second-order valence-corrected chi connectivity index (χ2v) is 8.03. The molecule has 0 saturated heterocycles. The van der Waals surface area contributed by atoms with E-state index in [2.05, 4.69) is 20.6 Å². The molecule has 2 heterocycles. The molecule has 0 atom stereocenters. The van der Waals surface area contributed by atoms with Gasteiger partial charge in [-0.3, -0.25) is 10.1 Å². The summed E-state index contributed by atoms with van der Waals surface area (Å²) in [5, 5.41) is 12.2. The molecule has 0 radical (unpaired) electrons. The lowest BCUT2D eigenvalue weighted by Crippen LogP contribution is -2.16. The van der Waals surface area contributed by atoms with E-state index in [9.17, 15) is 4.79 Å². The normalized spacial score (nSPS) is 10.9. The van der Waals surface area contributed by atoms with Crippen molar-refractivity contribution in [3.63, 3.8) is 0 Å². The predicted molar refractivity (Wildman–Crippen MR) is 121 cm³/mol. The molecule has 32 heavy (non-hydrogen) atoms. The average Bonchev–Trinajstić information content (AvgIpc) is 3.35. The highest BCUT2D eigenvalue weighted by molar-refractivity contribution is 6.42. The lowest BCUT2D eigenvalue weighted by molar-refractivity contribution is 0.101. The number of nitrogens with one attached hydrogen (secondary N) is 1. The van der Waals surface area contributed by atoms with Crippen molar-refractivity contribution in [2.24, 2.45) is 0 Å². The largest absolute Gasteiger partial charge is 0.489 e. The minimum Gasteiger partial charge on any atom is -0.489 e. The fourth-order valence-electron chi connectivity index (χ4n) is 2.87. The number of ether oxygens (including phenoxy) is 1. The molecule has 0 aliphatic heterocycles. The van der Waals surface area contributed by atoms with E-state index in [1.165, 1.54) is 6.33 Å². The van der Waals surface area contributed by atoms with Crippen LogP contribution in [0.5, 0.6) is 5.75 Å². The Kier molecular flexibility index (Phi) is 6.64. The fourth-order valence-corrected chi connectivity index (χ4v) is 3.37. The van der Waals surface area contributed by atoms with E-state index >= 15 is 0 Å².